The lowest BCUT2D eigenvalue weighted by Crippen LogP contribution is -2.34. The van der Waals surface area contributed by atoms with Crippen molar-refractivity contribution in [1.29, 1.82) is 0 Å². The van der Waals surface area contributed by atoms with E-state index < -0.39 is 23.4 Å². The molecule has 0 amide bonds. The lowest BCUT2D eigenvalue weighted by atomic mass is 9.91. The topological polar surface area (TPSA) is 79.2 Å². The molecule has 3 aromatic rings. The van der Waals surface area contributed by atoms with Crippen LogP contribution in [0.5, 0.6) is 0 Å². The van der Waals surface area contributed by atoms with Crippen molar-refractivity contribution in [3.8, 4) is 11.4 Å². The highest BCUT2D eigenvalue weighted by Crippen LogP contribution is 2.32. The maximum atomic E-state index is 14.4. The number of carboxylic acids is 1. The van der Waals surface area contributed by atoms with E-state index in [9.17, 15) is 18.0 Å². The van der Waals surface area contributed by atoms with Crippen LogP contribution in [0.3, 0.4) is 0 Å². The molecule has 1 aromatic carbocycles. The molecule has 0 bridgehead atoms. The second-order valence-electron chi connectivity index (χ2n) is 7.73. The van der Waals surface area contributed by atoms with Gasteiger partial charge in [-0.1, -0.05) is 0 Å². The molecule has 1 saturated heterocycles. The van der Waals surface area contributed by atoms with Crippen LogP contribution in [0, 0.1) is 23.4 Å². The van der Waals surface area contributed by atoms with Gasteiger partial charge in [0.1, 0.15) is 11.6 Å². The summed E-state index contributed by atoms with van der Waals surface area (Å²) in [6, 6.07) is 2.93. The van der Waals surface area contributed by atoms with Crippen LogP contribution < -0.4 is 4.90 Å². The van der Waals surface area contributed by atoms with Gasteiger partial charge in [0.25, 0.3) is 0 Å². The van der Waals surface area contributed by atoms with Gasteiger partial charge in [-0.3, -0.25) is 9.78 Å². The fraction of sp³-hybridized carbons (Fsp3) is 0.364. The summed E-state index contributed by atoms with van der Waals surface area (Å²) in [5, 5.41) is 9.50. The smallest absolute Gasteiger partial charge is 0.303 e. The third-order valence-electron chi connectivity index (χ3n) is 5.65. The second kappa shape index (κ2) is 8.87. The molecule has 3 heterocycles. The van der Waals surface area contributed by atoms with Crippen LogP contribution in [0.25, 0.3) is 22.3 Å². The lowest BCUT2D eigenvalue weighted by Gasteiger charge is -2.33. The number of halogens is 3. The third kappa shape index (κ3) is 4.60. The Morgan fingerprint density at radius 3 is 2.58 bits per heavy atom. The minimum absolute atomic E-state index is 0.0197. The Bertz CT molecular complexity index is 1120. The van der Waals surface area contributed by atoms with Crippen molar-refractivity contribution in [2.45, 2.75) is 32.1 Å². The van der Waals surface area contributed by atoms with Crippen molar-refractivity contribution in [3.05, 3.63) is 48.0 Å². The molecule has 6 nitrogen and oxygen atoms in total. The van der Waals surface area contributed by atoms with Crippen LogP contribution in [-0.2, 0) is 4.79 Å². The molecule has 1 aliphatic heterocycles. The molecule has 1 N–H and O–H groups in total. The summed E-state index contributed by atoms with van der Waals surface area (Å²) in [6.07, 6.45) is 6.62. The number of anilines is 1. The number of carbonyl (C=O) groups is 1. The third-order valence-corrected chi connectivity index (χ3v) is 5.65. The van der Waals surface area contributed by atoms with Gasteiger partial charge in [0, 0.05) is 38.0 Å². The first-order valence-electron chi connectivity index (χ1n) is 10.2. The van der Waals surface area contributed by atoms with Gasteiger partial charge < -0.3 is 10.0 Å². The molecule has 1 fully saturated rings. The molecule has 0 aliphatic carbocycles. The summed E-state index contributed by atoms with van der Waals surface area (Å²) in [5.74, 6) is -3.17. The number of benzene rings is 1. The van der Waals surface area contributed by atoms with Gasteiger partial charge in [-0.15, -0.1) is 0 Å². The van der Waals surface area contributed by atoms with E-state index >= 15 is 0 Å². The SMILES string of the molecule is O=C(O)CCCC1CCN(c2nc(-c3cc(F)c(F)cc3F)nc3ccncc23)CC1. The van der Waals surface area contributed by atoms with Gasteiger partial charge in [-0.2, -0.15) is 0 Å². The Morgan fingerprint density at radius 2 is 1.84 bits per heavy atom. The van der Waals surface area contributed by atoms with E-state index in [0.717, 1.165) is 25.3 Å². The van der Waals surface area contributed by atoms with Crippen molar-refractivity contribution < 1.29 is 23.1 Å². The molecule has 1 aliphatic rings. The number of fused-ring (bicyclic) bond motifs is 1. The zero-order valence-corrected chi connectivity index (χ0v) is 16.7. The summed E-state index contributed by atoms with van der Waals surface area (Å²) < 4.78 is 41.5. The molecular weight excluding hydrogens is 409 g/mol. The highest BCUT2D eigenvalue weighted by molar-refractivity contribution is 5.90. The number of hydrogen-bond donors (Lipinski definition) is 1. The molecular formula is C22H21F3N4O2. The van der Waals surface area contributed by atoms with E-state index in [1.807, 2.05) is 0 Å². The lowest BCUT2D eigenvalue weighted by molar-refractivity contribution is -0.137. The van der Waals surface area contributed by atoms with Crippen molar-refractivity contribution in [3.63, 3.8) is 0 Å². The zero-order chi connectivity index (χ0) is 22.0. The highest BCUT2D eigenvalue weighted by Gasteiger charge is 2.24. The molecule has 162 valence electrons. The standard InChI is InChI=1S/C22H21F3N4O2/c23-16-11-18(25)17(24)10-14(16)21-27-19-4-7-26-12-15(19)22(28-21)29-8-5-13(6-9-29)2-1-3-20(30)31/h4,7,10-13H,1-3,5-6,8-9H2,(H,30,31). The number of rotatable bonds is 6. The Labute approximate surface area is 176 Å². The first-order chi connectivity index (χ1) is 14.9. The predicted octanol–water partition coefficient (Wildman–Crippen LogP) is 4.58. The average Bonchev–Trinajstić information content (AvgIpc) is 2.76. The monoisotopic (exact) mass is 430 g/mol. The molecule has 0 saturated carbocycles. The van der Waals surface area contributed by atoms with Crippen LogP contribution >= 0.6 is 0 Å². The van der Waals surface area contributed by atoms with Gasteiger partial charge in [0.2, 0.25) is 0 Å². The minimum atomic E-state index is -1.27. The Balaban J connectivity index is 1.63. The molecule has 31 heavy (non-hydrogen) atoms. The number of carboxylic acid groups (broad SMARTS) is 1. The Hall–Kier alpha value is -3.23. The summed E-state index contributed by atoms with van der Waals surface area (Å²) in [5.41, 5.74) is 0.324. The van der Waals surface area contributed by atoms with Gasteiger partial charge in [0.15, 0.2) is 17.5 Å². The van der Waals surface area contributed by atoms with E-state index in [1.165, 1.54) is 0 Å². The Morgan fingerprint density at radius 1 is 1.10 bits per heavy atom. The summed E-state index contributed by atoms with van der Waals surface area (Å²) in [7, 11) is 0. The number of hydrogen-bond acceptors (Lipinski definition) is 5. The van der Waals surface area contributed by atoms with Crippen LogP contribution in [0.4, 0.5) is 19.0 Å². The normalized spacial score (nSPS) is 14.9. The largest absolute Gasteiger partial charge is 0.481 e. The molecule has 0 radical (unpaired) electrons. The minimum Gasteiger partial charge on any atom is -0.481 e. The molecule has 0 unspecified atom stereocenters. The molecule has 4 rings (SSSR count). The van der Waals surface area contributed by atoms with Crippen LogP contribution in [0.1, 0.15) is 32.1 Å². The van der Waals surface area contributed by atoms with Crippen molar-refractivity contribution in [2.75, 3.05) is 18.0 Å². The quantitative estimate of drug-likeness (QED) is 0.577. The number of pyridine rings is 1. The van der Waals surface area contributed by atoms with Crippen molar-refractivity contribution in [1.82, 2.24) is 15.0 Å². The number of piperidine rings is 1. The van der Waals surface area contributed by atoms with E-state index in [-0.39, 0.29) is 17.8 Å². The van der Waals surface area contributed by atoms with Crippen LogP contribution in [-0.4, -0.2) is 39.1 Å². The summed E-state index contributed by atoms with van der Waals surface area (Å²) in [4.78, 5) is 25.8. The highest BCUT2D eigenvalue weighted by atomic mass is 19.2. The molecule has 0 spiro atoms. The maximum Gasteiger partial charge on any atom is 0.303 e. The average molecular weight is 430 g/mol. The van der Waals surface area contributed by atoms with Crippen LogP contribution in [0.15, 0.2) is 30.6 Å². The molecule has 9 heteroatoms. The van der Waals surface area contributed by atoms with Gasteiger partial charge in [0.05, 0.1) is 16.5 Å². The maximum absolute atomic E-state index is 14.4. The van der Waals surface area contributed by atoms with Gasteiger partial charge in [-0.25, -0.2) is 23.1 Å². The number of aliphatic carboxylic acids is 1. The number of aromatic nitrogens is 3. The van der Waals surface area contributed by atoms with E-state index in [4.69, 9.17) is 5.11 Å². The van der Waals surface area contributed by atoms with E-state index in [0.29, 0.717) is 48.2 Å². The number of nitrogens with zero attached hydrogens (tertiary/aromatic N) is 4. The molecule has 2 aromatic heterocycles. The van der Waals surface area contributed by atoms with Crippen molar-refractivity contribution >= 4 is 22.7 Å². The van der Waals surface area contributed by atoms with Gasteiger partial charge >= 0.3 is 5.97 Å². The van der Waals surface area contributed by atoms with Crippen molar-refractivity contribution in [2.24, 2.45) is 5.92 Å². The zero-order valence-electron chi connectivity index (χ0n) is 16.7. The van der Waals surface area contributed by atoms with Gasteiger partial charge in [-0.05, 0) is 43.7 Å². The predicted molar refractivity (Wildman–Crippen MR) is 109 cm³/mol. The summed E-state index contributed by atoms with van der Waals surface area (Å²) >= 11 is 0. The fourth-order valence-electron chi connectivity index (χ4n) is 3.99. The Kier molecular flexibility index (Phi) is 6.01. The first kappa shape index (κ1) is 21.0. The van der Waals surface area contributed by atoms with E-state index in [2.05, 4.69) is 19.9 Å². The first-order valence-corrected chi connectivity index (χ1v) is 10.2. The summed E-state index contributed by atoms with van der Waals surface area (Å²) in [6.45, 7) is 1.39. The second-order valence-corrected chi connectivity index (χ2v) is 7.73. The fourth-order valence-corrected chi connectivity index (χ4v) is 3.99. The molecule has 0 atom stereocenters. The van der Waals surface area contributed by atoms with Crippen LogP contribution in [0.2, 0.25) is 0 Å². The van der Waals surface area contributed by atoms with E-state index in [1.54, 1.807) is 18.5 Å².